The topological polar surface area (TPSA) is 68.7 Å². The molecule has 0 saturated heterocycles. The molecule has 5 heteroatoms. The second-order valence-electron chi connectivity index (χ2n) is 2.67. The monoisotopic (exact) mass is 227 g/mol. The van der Waals surface area contributed by atoms with Gasteiger partial charge in [0.25, 0.3) is 0 Å². The first kappa shape index (κ1) is 14.4. The number of pyridine rings is 1. The zero-order valence-corrected chi connectivity index (χ0v) is 9.77. The molecular formula is C11H17NO4. The van der Waals surface area contributed by atoms with E-state index in [1.165, 1.54) is 7.11 Å². The Labute approximate surface area is 95.0 Å². The summed E-state index contributed by atoms with van der Waals surface area (Å²) in [6, 6.07) is 3.54. The van der Waals surface area contributed by atoms with Gasteiger partial charge in [-0.2, -0.15) is 0 Å². The molecule has 0 atom stereocenters. The second-order valence-corrected chi connectivity index (χ2v) is 2.67. The maximum atomic E-state index is 10.9. The van der Waals surface area contributed by atoms with Gasteiger partial charge < -0.3 is 14.6 Å². The average Bonchev–Trinajstić information content (AvgIpc) is 2.34. The molecule has 1 rings (SSSR count). The van der Waals surface area contributed by atoms with Crippen LogP contribution in [-0.4, -0.2) is 36.9 Å². The van der Waals surface area contributed by atoms with E-state index in [1.807, 2.05) is 6.92 Å². The van der Waals surface area contributed by atoms with Gasteiger partial charge in [0, 0.05) is 7.11 Å². The van der Waals surface area contributed by atoms with E-state index in [1.54, 1.807) is 18.3 Å². The van der Waals surface area contributed by atoms with Crippen molar-refractivity contribution in [2.45, 2.75) is 13.3 Å². The quantitative estimate of drug-likeness (QED) is 0.771. The Bertz CT molecular complexity index is 297. The highest BCUT2D eigenvalue weighted by molar-refractivity contribution is 5.71. The molecule has 0 saturated carbocycles. The SMILES string of the molecule is CCOc1ccc(CC(=O)OC)nc1.CO. The third kappa shape index (κ3) is 5.31. The molecule has 0 fully saturated rings. The van der Waals surface area contributed by atoms with Crippen molar-refractivity contribution >= 4 is 5.97 Å². The molecule has 0 aromatic carbocycles. The molecule has 1 aromatic rings. The van der Waals surface area contributed by atoms with Crippen LogP contribution in [-0.2, 0) is 16.0 Å². The molecule has 0 amide bonds. The highest BCUT2D eigenvalue weighted by Gasteiger charge is 2.03. The summed E-state index contributed by atoms with van der Waals surface area (Å²) in [7, 11) is 2.36. The van der Waals surface area contributed by atoms with Crippen LogP contribution >= 0.6 is 0 Å². The van der Waals surface area contributed by atoms with Crippen LogP contribution in [0.4, 0.5) is 0 Å². The highest BCUT2D eigenvalue weighted by Crippen LogP contribution is 2.09. The minimum absolute atomic E-state index is 0.197. The van der Waals surface area contributed by atoms with E-state index in [-0.39, 0.29) is 12.4 Å². The molecule has 90 valence electrons. The lowest BCUT2D eigenvalue weighted by atomic mass is 10.3. The number of carbonyl (C=O) groups is 1. The molecule has 5 nitrogen and oxygen atoms in total. The third-order valence-electron chi connectivity index (χ3n) is 1.66. The molecule has 0 aliphatic carbocycles. The second kappa shape index (κ2) is 8.67. The van der Waals surface area contributed by atoms with E-state index in [0.29, 0.717) is 18.1 Å². The molecule has 0 spiro atoms. The van der Waals surface area contributed by atoms with Crippen molar-refractivity contribution in [1.82, 2.24) is 4.98 Å². The van der Waals surface area contributed by atoms with Gasteiger partial charge in [0.05, 0.1) is 32.0 Å². The predicted molar refractivity (Wildman–Crippen MR) is 59.3 cm³/mol. The number of carbonyl (C=O) groups excluding carboxylic acids is 1. The first-order chi connectivity index (χ1) is 7.76. The van der Waals surface area contributed by atoms with Gasteiger partial charge in [-0.15, -0.1) is 0 Å². The minimum atomic E-state index is -0.290. The highest BCUT2D eigenvalue weighted by atomic mass is 16.5. The van der Waals surface area contributed by atoms with Gasteiger partial charge in [-0.05, 0) is 19.1 Å². The number of nitrogens with zero attached hydrogens (tertiary/aromatic N) is 1. The summed E-state index contributed by atoms with van der Waals surface area (Å²) in [5, 5.41) is 7.00. The van der Waals surface area contributed by atoms with Gasteiger partial charge >= 0.3 is 5.97 Å². The number of rotatable bonds is 4. The van der Waals surface area contributed by atoms with Crippen LogP contribution in [0.2, 0.25) is 0 Å². The molecule has 1 heterocycles. The van der Waals surface area contributed by atoms with Crippen LogP contribution in [0.3, 0.4) is 0 Å². The number of aromatic nitrogens is 1. The lowest BCUT2D eigenvalue weighted by Gasteiger charge is -2.03. The zero-order valence-electron chi connectivity index (χ0n) is 9.77. The molecule has 0 aliphatic heterocycles. The Balaban J connectivity index is 0.00000106. The van der Waals surface area contributed by atoms with Gasteiger partial charge in [0.15, 0.2) is 0 Å². The first-order valence-electron chi connectivity index (χ1n) is 4.85. The van der Waals surface area contributed by atoms with Crippen LogP contribution in [0.1, 0.15) is 12.6 Å². The van der Waals surface area contributed by atoms with Gasteiger partial charge in [-0.25, -0.2) is 0 Å². The summed E-state index contributed by atoms with van der Waals surface area (Å²) < 4.78 is 9.74. The van der Waals surface area contributed by atoms with Crippen LogP contribution < -0.4 is 4.74 Å². The number of ether oxygens (including phenoxy) is 2. The van der Waals surface area contributed by atoms with E-state index in [9.17, 15) is 4.79 Å². The van der Waals surface area contributed by atoms with Crippen molar-refractivity contribution in [3.05, 3.63) is 24.0 Å². The summed E-state index contributed by atoms with van der Waals surface area (Å²) in [6.07, 6.45) is 1.80. The van der Waals surface area contributed by atoms with E-state index in [0.717, 1.165) is 7.11 Å². The summed E-state index contributed by atoms with van der Waals surface area (Å²) in [5.41, 5.74) is 0.681. The Morgan fingerprint density at radius 3 is 2.56 bits per heavy atom. The van der Waals surface area contributed by atoms with Gasteiger partial charge in [0.1, 0.15) is 5.75 Å². The maximum Gasteiger partial charge on any atom is 0.311 e. The van der Waals surface area contributed by atoms with Crippen molar-refractivity contribution in [1.29, 1.82) is 0 Å². The number of aliphatic hydroxyl groups is 1. The number of aliphatic hydroxyl groups excluding tert-OH is 1. The molecular weight excluding hydrogens is 210 g/mol. The number of hydrogen-bond donors (Lipinski definition) is 1. The molecule has 0 radical (unpaired) electrons. The Kier molecular flexibility index (Phi) is 7.79. The fraction of sp³-hybridized carbons (Fsp3) is 0.455. The van der Waals surface area contributed by atoms with Crippen molar-refractivity contribution in [2.24, 2.45) is 0 Å². The molecule has 0 bridgehead atoms. The van der Waals surface area contributed by atoms with E-state index in [4.69, 9.17) is 9.84 Å². The molecule has 1 N–H and O–H groups in total. The van der Waals surface area contributed by atoms with Gasteiger partial charge in [-0.1, -0.05) is 0 Å². The average molecular weight is 227 g/mol. The smallest absolute Gasteiger partial charge is 0.311 e. The zero-order chi connectivity index (χ0) is 12.4. The van der Waals surface area contributed by atoms with Gasteiger partial charge in [0.2, 0.25) is 0 Å². The fourth-order valence-corrected chi connectivity index (χ4v) is 0.988. The van der Waals surface area contributed by atoms with Gasteiger partial charge in [-0.3, -0.25) is 9.78 Å². The summed E-state index contributed by atoms with van der Waals surface area (Å²) in [5.74, 6) is 0.419. The molecule has 1 aromatic heterocycles. The van der Waals surface area contributed by atoms with E-state index in [2.05, 4.69) is 9.72 Å². The number of hydrogen-bond acceptors (Lipinski definition) is 5. The summed E-state index contributed by atoms with van der Waals surface area (Å²) in [4.78, 5) is 15.0. The summed E-state index contributed by atoms with van der Waals surface area (Å²) in [6.45, 7) is 2.51. The first-order valence-corrected chi connectivity index (χ1v) is 4.85. The lowest BCUT2D eigenvalue weighted by Crippen LogP contribution is -2.05. The van der Waals surface area contributed by atoms with Crippen molar-refractivity contribution < 1.29 is 19.4 Å². The van der Waals surface area contributed by atoms with Crippen molar-refractivity contribution in [2.75, 3.05) is 20.8 Å². The van der Waals surface area contributed by atoms with Crippen LogP contribution in [0.15, 0.2) is 18.3 Å². The van der Waals surface area contributed by atoms with E-state index >= 15 is 0 Å². The largest absolute Gasteiger partial charge is 0.492 e. The van der Waals surface area contributed by atoms with Crippen molar-refractivity contribution in [3.8, 4) is 5.75 Å². The predicted octanol–water partition coefficient (Wildman–Crippen LogP) is 0.804. The standard InChI is InChI=1S/C10H13NO3.CH4O/c1-3-14-9-5-4-8(11-7-9)6-10(12)13-2;1-2/h4-5,7H,3,6H2,1-2H3;2H,1H3. The van der Waals surface area contributed by atoms with E-state index < -0.39 is 0 Å². The Morgan fingerprint density at radius 1 is 1.44 bits per heavy atom. The normalized spacial score (nSPS) is 8.75. The lowest BCUT2D eigenvalue weighted by molar-refractivity contribution is -0.139. The fourth-order valence-electron chi connectivity index (χ4n) is 0.988. The van der Waals surface area contributed by atoms with Crippen LogP contribution in [0.5, 0.6) is 5.75 Å². The van der Waals surface area contributed by atoms with Crippen LogP contribution in [0, 0.1) is 0 Å². The van der Waals surface area contributed by atoms with Crippen molar-refractivity contribution in [3.63, 3.8) is 0 Å². The molecule has 0 aliphatic rings. The number of esters is 1. The maximum absolute atomic E-state index is 10.9. The number of methoxy groups -OCH3 is 1. The Morgan fingerprint density at radius 2 is 2.12 bits per heavy atom. The van der Waals surface area contributed by atoms with Crippen LogP contribution in [0.25, 0.3) is 0 Å². The minimum Gasteiger partial charge on any atom is -0.492 e. The molecule has 0 unspecified atom stereocenters. The Hall–Kier alpha value is -1.62. The molecule has 16 heavy (non-hydrogen) atoms. The third-order valence-corrected chi connectivity index (χ3v) is 1.66. The summed E-state index contributed by atoms with van der Waals surface area (Å²) >= 11 is 0.